The molecule has 0 aromatic carbocycles. The summed E-state index contributed by atoms with van der Waals surface area (Å²) >= 11 is 0. The van der Waals surface area contributed by atoms with Gasteiger partial charge in [-0.2, -0.15) is 4.31 Å². The molecule has 2 heterocycles. The lowest BCUT2D eigenvalue weighted by Crippen LogP contribution is -2.51. The monoisotopic (exact) mass is 289 g/mol. The minimum atomic E-state index is -3.12. The Kier molecular flexibility index (Phi) is 4.81. The van der Waals surface area contributed by atoms with Crippen molar-refractivity contribution < 1.29 is 13.2 Å². The van der Waals surface area contributed by atoms with Gasteiger partial charge in [-0.15, -0.1) is 0 Å². The number of hydrogen-bond acceptors (Lipinski definition) is 4. The summed E-state index contributed by atoms with van der Waals surface area (Å²) in [5.74, 6) is 0.146. The van der Waals surface area contributed by atoms with Crippen molar-refractivity contribution >= 4 is 15.9 Å². The molecule has 0 aliphatic carbocycles. The van der Waals surface area contributed by atoms with Crippen molar-refractivity contribution in [2.24, 2.45) is 0 Å². The number of nitrogens with one attached hydrogen (secondary N) is 1. The van der Waals surface area contributed by atoms with Crippen molar-refractivity contribution in [1.29, 1.82) is 0 Å². The highest BCUT2D eigenvalue weighted by atomic mass is 32.2. The van der Waals surface area contributed by atoms with E-state index in [9.17, 15) is 13.2 Å². The van der Waals surface area contributed by atoms with Gasteiger partial charge in [-0.3, -0.25) is 4.79 Å². The molecule has 0 bridgehead atoms. The third kappa shape index (κ3) is 4.15. The predicted molar refractivity (Wildman–Crippen MR) is 73.3 cm³/mol. The first-order valence-electron chi connectivity index (χ1n) is 6.93. The number of hydrogen-bond donors (Lipinski definition) is 1. The van der Waals surface area contributed by atoms with Gasteiger partial charge < -0.3 is 10.2 Å². The molecular weight excluding hydrogens is 266 g/mol. The van der Waals surface area contributed by atoms with E-state index in [-0.39, 0.29) is 5.91 Å². The number of amides is 1. The summed E-state index contributed by atoms with van der Waals surface area (Å²) in [6, 6.07) is 0.300. The first-order valence-corrected chi connectivity index (χ1v) is 8.78. The summed E-state index contributed by atoms with van der Waals surface area (Å²) < 4.78 is 24.2. The van der Waals surface area contributed by atoms with Gasteiger partial charge in [0.05, 0.1) is 6.26 Å². The fourth-order valence-corrected chi connectivity index (χ4v) is 3.53. The van der Waals surface area contributed by atoms with Crippen LogP contribution in [-0.2, 0) is 14.8 Å². The van der Waals surface area contributed by atoms with E-state index in [0.29, 0.717) is 38.6 Å². The van der Waals surface area contributed by atoms with Crippen molar-refractivity contribution in [2.75, 3.05) is 39.0 Å². The zero-order valence-corrected chi connectivity index (χ0v) is 12.3. The zero-order valence-electron chi connectivity index (χ0n) is 11.5. The lowest BCUT2D eigenvalue weighted by Gasteiger charge is -2.34. The molecule has 110 valence electrons. The van der Waals surface area contributed by atoms with Crippen molar-refractivity contribution in [2.45, 2.75) is 31.7 Å². The molecule has 1 unspecified atom stereocenters. The van der Waals surface area contributed by atoms with Crippen LogP contribution in [0, 0.1) is 0 Å². The summed E-state index contributed by atoms with van der Waals surface area (Å²) in [6.45, 7) is 2.86. The highest BCUT2D eigenvalue weighted by Gasteiger charge is 2.27. The van der Waals surface area contributed by atoms with Crippen LogP contribution in [0.5, 0.6) is 0 Å². The molecule has 19 heavy (non-hydrogen) atoms. The first kappa shape index (κ1) is 14.7. The topological polar surface area (TPSA) is 69.7 Å². The van der Waals surface area contributed by atoms with Crippen LogP contribution >= 0.6 is 0 Å². The van der Waals surface area contributed by atoms with E-state index in [0.717, 1.165) is 13.0 Å². The number of carbonyl (C=O) groups excluding carboxylic acids is 1. The van der Waals surface area contributed by atoms with Crippen molar-refractivity contribution in [3.05, 3.63) is 0 Å². The molecule has 0 saturated carbocycles. The minimum Gasteiger partial charge on any atom is -0.340 e. The van der Waals surface area contributed by atoms with E-state index in [1.807, 2.05) is 0 Å². The van der Waals surface area contributed by atoms with Gasteiger partial charge in [0.25, 0.3) is 0 Å². The van der Waals surface area contributed by atoms with Crippen LogP contribution in [0.1, 0.15) is 25.7 Å². The molecule has 2 fully saturated rings. The summed E-state index contributed by atoms with van der Waals surface area (Å²) in [7, 11) is -3.12. The van der Waals surface area contributed by atoms with Crippen molar-refractivity contribution in [1.82, 2.24) is 14.5 Å². The van der Waals surface area contributed by atoms with Gasteiger partial charge in [-0.1, -0.05) is 6.42 Å². The van der Waals surface area contributed by atoms with Gasteiger partial charge in [0, 0.05) is 38.6 Å². The van der Waals surface area contributed by atoms with Gasteiger partial charge in [-0.05, 0) is 19.4 Å². The predicted octanol–water partition coefficient (Wildman–Crippen LogP) is -0.378. The molecular formula is C12H23N3O3S. The van der Waals surface area contributed by atoms with Crippen molar-refractivity contribution in [3.63, 3.8) is 0 Å². The number of carbonyl (C=O) groups is 1. The average molecular weight is 289 g/mol. The Labute approximate surface area is 115 Å². The molecule has 0 spiro atoms. The lowest BCUT2D eigenvalue weighted by molar-refractivity contribution is -0.133. The molecule has 1 amide bonds. The third-order valence-corrected chi connectivity index (χ3v) is 5.20. The average Bonchev–Trinajstić information content (AvgIpc) is 2.39. The van der Waals surface area contributed by atoms with Crippen LogP contribution in [0.2, 0.25) is 0 Å². The quantitative estimate of drug-likeness (QED) is 0.769. The fourth-order valence-electron chi connectivity index (χ4n) is 2.71. The van der Waals surface area contributed by atoms with Gasteiger partial charge in [0.15, 0.2) is 0 Å². The molecule has 2 aliphatic heterocycles. The maximum atomic E-state index is 12.1. The molecule has 1 atom stereocenters. The Balaban J connectivity index is 1.79. The smallest absolute Gasteiger partial charge is 0.224 e. The molecule has 7 heteroatoms. The molecule has 2 saturated heterocycles. The number of piperidine rings is 1. The summed E-state index contributed by atoms with van der Waals surface area (Å²) in [4.78, 5) is 13.9. The van der Waals surface area contributed by atoms with E-state index in [1.54, 1.807) is 4.90 Å². The van der Waals surface area contributed by atoms with E-state index in [2.05, 4.69) is 5.32 Å². The van der Waals surface area contributed by atoms with E-state index < -0.39 is 10.0 Å². The van der Waals surface area contributed by atoms with Crippen LogP contribution in [0.25, 0.3) is 0 Å². The van der Waals surface area contributed by atoms with Gasteiger partial charge in [-0.25, -0.2) is 8.42 Å². The van der Waals surface area contributed by atoms with E-state index in [4.69, 9.17) is 0 Å². The minimum absolute atomic E-state index is 0.146. The Morgan fingerprint density at radius 1 is 1.21 bits per heavy atom. The maximum Gasteiger partial charge on any atom is 0.224 e. The summed E-state index contributed by atoms with van der Waals surface area (Å²) in [6.07, 6.45) is 5.20. The van der Waals surface area contributed by atoms with Crippen LogP contribution in [-0.4, -0.2) is 68.6 Å². The molecule has 1 N–H and O–H groups in total. The largest absolute Gasteiger partial charge is 0.340 e. The van der Waals surface area contributed by atoms with Crippen molar-refractivity contribution in [3.8, 4) is 0 Å². The zero-order chi connectivity index (χ0) is 13.9. The van der Waals surface area contributed by atoms with Gasteiger partial charge in [0.2, 0.25) is 15.9 Å². The molecule has 0 aromatic heterocycles. The van der Waals surface area contributed by atoms with E-state index in [1.165, 1.54) is 23.4 Å². The molecule has 0 aromatic rings. The number of piperazine rings is 1. The molecule has 2 aliphatic rings. The summed E-state index contributed by atoms with van der Waals surface area (Å²) in [5, 5.41) is 3.37. The molecule has 6 nitrogen and oxygen atoms in total. The summed E-state index contributed by atoms with van der Waals surface area (Å²) in [5.41, 5.74) is 0. The van der Waals surface area contributed by atoms with E-state index >= 15 is 0 Å². The normalized spacial score (nSPS) is 26.4. The van der Waals surface area contributed by atoms with Crippen LogP contribution in [0.4, 0.5) is 0 Å². The number of rotatable bonds is 3. The fraction of sp³-hybridized carbons (Fsp3) is 0.917. The first-order chi connectivity index (χ1) is 8.97. The Morgan fingerprint density at radius 2 is 1.89 bits per heavy atom. The SMILES string of the molecule is CS(=O)(=O)N1CCN(C(=O)CC2CCCCN2)CC1. The standard InChI is InChI=1S/C12H23N3O3S/c1-19(17,18)15-8-6-14(7-9-15)12(16)10-11-4-2-3-5-13-11/h11,13H,2-10H2,1H3. The van der Waals surface area contributed by atoms with Gasteiger partial charge >= 0.3 is 0 Å². The second kappa shape index (κ2) is 6.19. The maximum absolute atomic E-state index is 12.1. The second-order valence-electron chi connectivity index (χ2n) is 5.39. The Hall–Kier alpha value is -0.660. The van der Waals surface area contributed by atoms with Crippen LogP contribution < -0.4 is 5.32 Å². The number of sulfonamides is 1. The highest BCUT2D eigenvalue weighted by Crippen LogP contribution is 2.13. The number of nitrogens with zero attached hydrogens (tertiary/aromatic N) is 2. The molecule has 2 rings (SSSR count). The van der Waals surface area contributed by atoms with Gasteiger partial charge in [0.1, 0.15) is 0 Å². The Morgan fingerprint density at radius 3 is 2.42 bits per heavy atom. The van der Waals surface area contributed by atoms with Crippen LogP contribution in [0.15, 0.2) is 0 Å². The highest BCUT2D eigenvalue weighted by molar-refractivity contribution is 7.88. The van der Waals surface area contributed by atoms with Crippen LogP contribution in [0.3, 0.4) is 0 Å². The molecule has 0 radical (unpaired) electrons. The Bertz CT molecular complexity index is 410. The lowest BCUT2D eigenvalue weighted by atomic mass is 10.0. The third-order valence-electron chi connectivity index (χ3n) is 3.89. The second-order valence-corrected chi connectivity index (χ2v) is 7.38.